The molecule has 0 saturated heterocycles. The molecule has 1 unspecified atom stereocenters. The van der Waals surface area contributed by atoms with E-state index < -0.39 is 26.5 Å². The first kappa shape index (κ1) is 43.8. The van der Waals surface area contributed by atoms with Gasteiger partial charge >= 0.3 is 19.8 Å². The van der Waals surface area contributed by atoms with Crippen LogP contribution in [0.5, 0.6) is 0 Å². The average molecular weight is 663 g/mol. The normalized spacial score (nSPS) is 14.0. The second kappa shape index (κ2) is 28.9. The second-order valence-electron chi connectivity index (χ2n) is 13.3. The molecule has 2 atom stereocenters. The fourth-order valence-electron chi connectivity index (χ4n) is 4.65. The molecule has 0 aromatic rings. The molecular formula is C35H69NO8P+. The molecule has 0 aromatic heterocycles. The number of phosphoric acid groups is 1. The number of hydrogen-bond donors (Lipinski definition) is 1. The minimum atomic E-state index is -4.36. The van der Waals surface area contributed by atoms with E-state index in [2.05, 4.69) is 26.0 Å². The number of allylic oxidation sites excluding steroid dienone is 2. The monoisotopic (exact) mass is 662 g/mol. The number of nitrogens with zero attached hydrogens (tertiary/aromatic N) is 1. The van der Waals surface area contributed by atoms with Crippen LogP contribution in [0.15, 0.2) is 12.2 Å². The van der Waals surface area contributed by atoms with Gasteiger partial charge in [0.05, 0.1) is 27.7 Å². The van der Waals surface area contributed by atoms with Gasteiger partial charge in [-0.3, -0.25) is 18.6 Å². The fourth-order valence-corrected chi connectivity index (χ4v) is 5.39. The number of quaternary nitrogens is 1. The lowest BCUT2D eigenvalue weighted by Crippen LogP contribution is -2.37. The SMILES string of the molecule is CCCCCC/C=C/CCCCCCCC(=O)OC[C@@H](COP(=O)(O)OCC[N+](C)(C)C)OC(=O)CCCCCCCCCC. The van der Waals surface area contributed by atoms with Crippen LogP contribution in [0.1, 0.15) is 149 Å². The average Bonchev–Trinajstić information content (AvgIpc) is 2.97. The molecule has 0 aliphatic heterocycles. The minimum Gasteiger partial charge on any atom is -0.462 e. The van der Waals surface area contributed by atoms with Crippen LogP contribution in [0.4, 0.5) is 0 Å². The van der Waals surface area contributed by atoms with Crippen molar-refractivity contribution >= 4 is 19.8 Å². The summed E-state index contributed by atoms with van der Waals surface area (Å²) in [5.74, 6) is -0.813. The third-order valence-electron chi connectivity index (χ3n) is 7.55. The number of phosphoric ester groups is 1. The third-order valence-corrected chi connectivity index (χ3v) is 8.53. The van der Waals surface area contributed by atoms with Gasteiger partial charge in [0.15, 0.2) is 6.10 Å². The number of rotatable bonds is 32. The Morgan fingerprint density at radius 3 is 1.67 bits per heavy atom. The van der Waals surface area contributed by atoms with Gasteiger partial charge in [-0.1, -0.05) is 109 Å². The Kier molecular flexibility index (Phi) is 28.1. The van der Waals surface area contributed by atoms with E-state index in [1.165, 1.54) is 57.8 Å². The molecule has 0 fully saturated rings. The van der Waals surface area contributed by atoms with Crippen molar-refractivity contribution in [3.63, 3.8) is 0 Å². The molecule has 0 rings (SSSR count). The van der Waals surface area contributed by atoms with Crippen molar-refractivity contribution in [2.45, 2.75) is 155 Å². The highest BCUT2D eigenvalue weighted by molar-refractivity contribution is 7.47. The van der Waals surface area contributed by atoms with Crippen LogP contribution in [0.2, 0.25) is 0 Å². The predicted octanol–water partition coefficient (Wildman–Crippen LogP) is 9.07. The molecule has 0 aromatic carbocycles. The highest BCUT2D eigenvalue weighted by atomic mass is 31.2. The molecule has 266 valence electrons. The number of unbranched alkanes of at least 4 members (excludes halogenated alkanes) is 16. The van der Waals surface area contributed by atoms with Gasteiger partial charge in [0.25, 0.3) is 0 Å². The summed E-state index contributed by atoms with van der Waals surface area (Å²) in [5.41, 5.74) is 0. The first-order valence-electron chi connectivity index (χ1n) is 17.9. The molecule has 0 radical (unpaired) electrons. The summed E-state index contributed by atoms with van der Waals surface area (Å²) in [4.78, 5) is 35.0. The van der Waals surface area contributed by atoms with Crippen molar-refractivity contribution < 1.29 is 42.1 Å². The summed E-state index contributed by atoms with van der Waals surface area (Å²) < 4.78 is 34.0. The van der Waals surface area contributed by atoms with Crippen LogP contribution >= 0.6 is 7.82 Å². The summed E-state index contributed by atoms with van der Waals surface area (Å²) in [6.07, 6.45) is 25.5. The highest BCUT2D eigenvalue weighted by Crippen LogP contribution is 2.43. The molecule has 0 heterocycles. The number of carbonyl (C=O) groups is 2. The molecule has 0 spiro atoms. The van der Waals surface area contributed by atoms with Crippen molar-refractivity contribution in [2.24, 2.45) is 0 Å². The van der Waals surface area contributed by atoms with E-state index in [1.54, 1.807) is 0 Å². The van der Waals surface area contributed by atoms with E-state index >= 15 is 0 Å². The van der Waals surface area contributed by atoms with Crippen LogP contribution in [-0.2, 0) is 32.7 Å². The number of hydrogen-bond acceptors (Lipinski definition) is 7. The molecule has 9 nitrogen and oxygen atoms in total. The zero-order valence-corrected chi connectivity index (χ0v) is 30.5. The lowest BCUT2D eigenvalue weighted by Gasteiger charge is -2.24. The molecule has 0 amide bonds. The lowest BCUT2D eigenvalue weighted by molar-refractivity contribution is -0.870. The summed E-state index contributed by atoms with van der Waals surface area (Å²) in [6, 6.07) is 0. The minimum absolute atomic E-state index is 0.0327. The Morgan fingerprint density at radius 2 is 1.13 bits per heavy atom. The molecule has 0 bridgehead atoms. The summed E-state index contributed by atoms with van der Waals surface area (Å²) in [6.45, 7) is 4.34. The molecule has 1 N–H and O–H groups in total. The maximum Gasteiger partial charge on any atom is 0.472 e. The Hall–Kier alpha value is -1.25. The van der Waals surface area contributed by atoms with Gasteiger partial charge in [-0.2, -0.15) is 0 Å². The number of ether oxygens (including phenoxy) is 2. The largest absolute Gasteiger partial charge is 0.472 e. The molecule has 0 aliphatic carbocycles. The zero-order valence-electron chi connectivity index (χ0n) is 29.6. The van der Waals surface area contributed by atoms with E-state index in [4.69, 9.17) is 18.5 Å². The van der Waals surface area contributed by atoms with Gasteiger partial charge in [-0.05, 0) is 38.5 Å². The highest BCUT2D eigenvalue weighted by Gasteiger charge is 2.27. The van der Waals surface area contributed by atoms with Crippen LogP contribution in [0.3, 0.4) is 0 Å². The van der Waals surface area contributed by atoms with E-state index in [-0.39, 0.29) is 32.0 Å². The Balaban J connectivity index is 4.44. The quantitative estimate of drug-likeness (QED) is 0.0250. The fraction of sp³-hybridized carbons (Fsp3) is 0.886. The summed E-state index contributed by atoms with van der Waals surface area (Å²) in [7, 11) is 1.47. The van der Waals surface area contributed by atoms with Gasteiger partial charge in [0.1, 0.15) is 19.8 Å². The van der Waals surface area contributed by atoms with Gasteiger partial charge in [-0.15, -0.1) is 0 Å². The zero-order chi connectivity index (χ0) is 33.7. The standard InChI is InChI=1S/C35H68NO8P/c1-6-8-10-12-14-16-17-18-19-20-22-23-25-27-34(37)41-31-33(32-43-45(39,40)42-30-29-36(3,4)5)44-35(38)28-26-24-21-15-13-11-9-7-2/h16-17,33H,6-15,18-32H2,1-5H3/p+1/b17-16+/t33-/m0/s1. The van der Waals surface area contributed by atoms with Gasteiger partial charge < -0.3 is 18.9 Å². The smallest absolute Gasteiger partial charge is 0.462 e. The number of likely N-dealkylation sites (N-methyl/N-ethyl adjacent to an activating group) is 1. The Bertz CT molecular complexity index is 799. The van der Waals surface area contributed by atoms with E-state index in [0.29, 0.717) is 17.4 Å². The van der Waals surface area contributed by atoms with Crippen LogP contribution in [-0.4, -0.2) is 74.9 Å². The van der Waals surface area contributed by atoms with E-state index in [1.807, 2.05) is 21.1 Å². The van der Waals surface area contributed by atoms with Crippen molar-refractivity contribution in [3.8, 4) is 0 Å². The molecule has 0 aliphatic rings. The third kappa shape index (κ3) is 32.5. The lowest BCUT2D eigenvalue weighted by atomic mass is 10.1. The van der Waals surface area contributed by atoms with Gasteiger partial charge in [0, 0.05) is 12.8 Å². The van der Waals surface area contributed by atoms with Crippen LogP contribution in [0, 0.1) is 0 Å². The number of carbonyl (C=O) groups excluding carboxylic acids is 2. The van der Waals surface area contributed by atoms with E-state index in [9.17, 15) is 19.0 Å². The number of esters is 2. The maximum atomic E-state index is 12.5. The molecule has 10 heteroatoms. The first-order chi connectivity index (χ1) is 21.5. The van der Waals surface area contributed by atoms with Crippen LogP contribution < -0.4 is 0 Å². The first-order valence-corrected chi connectivity index (χ1v) is 19.4. The van der Waals surface area contributed by atoms with Crippen molar-refractivity contribution in [2.75, 3.05) is 47.5 Å². The van der Waals surface area contributed by atoms with Crippen LogP contribution in [0.25, 0.3) is 0 Å². The topological polar surface area (TPSA) is 108 Å². The van der Waals surface area contributed by atoms with Crippen molar-refractivity contribution in [3.05, 3.63) is 12.2 Å². The van der Waals surface area contributed by atoms with Gasteiger partial charge in [-0.25, -0.2) is 4.57 Å². The van der Waals surface area contributed by atoms with Crippen molar-refractivity contribution in [1.82, 2.24) is 0 Å². The summed E-state index contributed by atoms with van der Waals surface area (Å²) >= 11 is 0. The molecule has 0 saturated carbocycles. The van der Waals surface area contributed by atoms with Gasteiger partial charge in [0.2, 0.25) is 0 Å². The Morgan fingerprint density at radius 1 is 0.667 bits per heavy atom. The molecular weight excluding hydrogens is 593 g/mol. The maximum absolute atomic E-state index is 12.5. The summed E-state index contributed by atoms with van der Waals surface area (Å²) in [5, 5.41) is 0. The predicted molar refractivity (Wildman–Crippen MR) is 183 cm³/mol. The molecule has 45 heavy (non-hydrogen) atoms. The Labute approximate surface area is 276 Å². The second-order valence-corrected chi connectivity index (χ2v) is 14.7. The van der Waals surface area contributed by atoms with E-state index in [0.717, 1.165) is 57.8 Å². The van der Waals surface area contributed by atoms with Crippen molar-refractivity contribution in [1.29, 1.82) is 0 Å².